The largest absolute Gasteiger partial charge is 0.383 e. The van der Waals surface area contributed by atoms with Crippen molar-refractivity contribution in [3.8, 4) is 0 Å². The van der Waals surface area contributed by atoms with Crippen molar-refractivity contribution in [2.24, 2.45) is 0 Å². The smallest absolute Gasteiger partial charge is 0.129 e. The van der Waals surface area contributed by atoms with Gasteiger partial charge in [0.05, 0.1) is 12.2 Å². The van der Waals surface area contributed by atoms with Crippen LogP contribution in [0.15, 0.2) is 49.2 Å². The molecule has 3 heteroatoms. The molecule has 0 saturated heterocycles. The van der Waals surface area contributed by atoms with Gasteiger partial charge in [0.2, 0.25) is 0 Å². The van der Waals surface area contributed by atoms with Crippen LogP contribution in [-0.4, -0.2) is 9.78 Å². The molecule has 1 unspecified atom stereocenters. The summed E-state index contributed by atoms with van der Waals surface area (Å²) in [6.07, 6.45) is 13.6. The van der Waals surface area contributed by atoms with Gasteiger partial charge in [0.15, 0.2) is 0 Å². The van der Waals surface area contributed by atoms with Crippen LogP contribution < -0.4 is 5.73 Å². The predicted octanol–water partition coefficient (Wildman–Crippen LogP) is 4.82. The summed E-state index contributed by atoms with van der Waals surface area (Å²) in [4.78, 5) is 0. The summed E-state index contributed by atoms with van der Waals surface area (Å²) >= 11 is 0. The standard InChI is InChI=1S/C21H25N3/c1-4-17-14-23-24(21(17)22)16(3)9-5-8-15(2)19-12-6-10-18-11-7-13-20(18)19/h4-6,8-10,12,14,16H,1,7,11,13,22H2,2-3H3/b9-5-,15-8+. The number of aryl methyl sites for hydroxylation is 1. The molecule has 1 heterocycles. The molecule has 2 N–H and O–H groups in total. The van der Waals surface area contributed by atoms with Crippen LogP contribution in [0, 0.1) is 0 Å². The maximum absolute atomic E-state index is 6.08. The molecule has 3 rings (SSSR count). The van der Waals surface area contributed by atoms with Gasteiger partial charge in [0.25, 0.3) is 0 Å². The fourth-order valence-electron chi connectivity index (χ4n) is 3.39. The number of allylic oxidation sites excluding steroid dienone is 4. The molecule has 0 radical (unpaired) electrons. The molecule has 1 aromatic heterocycles. The molecule has 124 valence electrons. The normalized spacial score (nSPS) is 15.7. The fourth-order valence-corrected chi connectivity index (χ4v) is 3.39. The Labute approximate surface area is 144 Å². The maximum atomic E-state index is 6.08. The van der Waals surface area contributed by atoms with Crippen molar-refractivity contribution in [2.75, 3.05) is 5.73 Å². The Balaban J connectivity index is 1.77. The number of nitrogens with zero attached hydrogens (tertiary/aromatic N) is 2. The highest BCUT2D eigenvalue weighted by molar-refractivity contribution is 5.69. The van der Waals surface area contributed by atoms with Crippen LogP contribution in [0.25, 0.3) is 11.6 Å². The van der Waals surface area contributed by atoms with Crippen molar-refractivity contribution >= 4 is 17.5 Å². The van der Waals surface area contributed by atoms with Crippen molar-refractivity contribution in [3.05, 3.63) is 71.5 Å². The van der Waals surface area contributed by atoms with Crippen LogP contribution in [0.2, 0.25) is 0 Å². The number of hydrogen-bond acceptors (Lipinski definition) is 2. The van der Waals surface area contributed by atoms with E-state index in [-0.39, 0.29) is 6.04 Å². The molecule has 0 fully saturated rings. The Kier molecular flexibility index (Phi) is 4.70. The third-order valence-corrected chi connectivity index (χ3v) is 4.78. The van der Waals surface area contributed by atoms with E-state index in [0.717, 1.165) is 5.56 Å². The minimum Gasteiger partial charge on any atom is -0.383 e. The summed E-state index contributed by atoms with van der Waals surface area (Å²) in [6, 6.07) is 6.76. The van der Waals surface area contributed by atoms with Gasteiger partial charge in [0.1, 0.15) is 5.82 Å². The van der Waals surface area contributed by atoms with Crippen molar-refractivity contribution in [1.82, 2.24) is 9.78 Å². The van der Waals surface area contributed by atoms with E-state index >= 15 is 0 Å². The lowest BCUT2D eigenvalue weighted by Gasteiger charge is -2.10. The van der Waals surface area contributed by atoms with Crippen molar-refractivity contribution < 1.29 is 0 Å². The van der Waals surface area contributed by atoms with Crippen LogP contribution in [0.1, 0.15) is 48.6 Å². The second-order valence-corrected chi connectivity index (χ2v) is 6.41. The summed E-state index contributed by atoms with van der Waals surface area (Å²) < 4.78 is 1.82. The Morgan fingerprint density at radius 1 is 1.38 bits per heavy atom. The summed E-state index contributed by atoms with van der Waals surface area (Å²) in [5.74, 6) is 0.656. The molecule has 1 atom stereocenters. The van der Waals surface area contributed by atoms with Gasteiger partial charge in [-0.25, -0.2) is 4.68 Å². The molecule has 2 aromatic rings. The SMILES string of the molecule is C=Cc1cnn(C(C)/C=C\C=C(/C)c2cccc3c2CCC3)c1N. The van der Waals surface area contributed by atoms with E-state index in [0.29, 0.717) is 5.82 Å². The van der Waals surface area contributed by atoms with E-state index in [9.17, 15) is 0 Å². The lowest BCUT2D eigenvalue weighted by Crippen LogP contribution is -2.08. The molecule has 0 saturated carbocycles. The number of rotatable bonds is 5. The highest BCUT2D eigenvalue weighted by Crippen LogP contribution is 2.29. The monoisotopic (exact) mass is 319 g/mol. The zero-order valence-corrected chi connectivity index (χ0v) is 14.5. The van der Waals surface area contributed by atoms with Gasteiger partial charge in [0, 0.05) is 5.56 Å². The summed E-state index contributed by atoms with van der Waals surface area (Å²) in [7, 11) is 0. The minimum atomic E-state index is 0.101. The van der Waals surface area contributed by atoms with Crippen molar-refractivity contribution in [3.63, 3.8) is 0 Å². The average Bonchev–Trinajstić information content (AvgIpc) is 3.20. The van der Waals surface area contributed by atoms with E-state index in [1.807, 2.05) is 4.68 Å². The van der Waals surface area contributed by atoms with Crippen LogP contribution in [0.4, 0.5) is 5.82 Å². The average molecular weight is 319 g/mol. The van der Waals surface area contributed by atoms with Crippen LogP contribution in [-0.2, 0) is 12.8 Å². The number of benzene rings is 1. The Hall–Kier alpha value is -2.55. The van der Waals surface area contributed by atoms with Gasteiger partial charge >= 0.3 is 0 Å². The first kappa shape index (κ1) is 16.3. The Morgan fingerprint density at radius 2 is 2.21 bits per heavy atom. The van der Waals surface area contributed by atoms with Crippen molar-refractivity contribution in [2.45, 2.75) is 39.2 Å². The molecule has 0 bridgehead atoms. The topological polar surface area (TPSA) is 43.8 Å². The fraction of sp³-hybridized carbons (Fsp3) is 0.286. The quantitative estimate of drug-likeness (QED) is 0.803. The van der Waals surface area contributed by atoms with Gasteiger partial charge in [-0.15, -0.1) is 0 Å². The molecule has 3 nitrogen and oxygen atoms in total. The van der Waals surface area contributed by atoms with Gasteiger partial charge in [-0.3, -0.25) is 0 Å². The van der Waals surface area contributed by atoms with Crippen LogP contribution in [0.3, 0.4) is 0 Å². The van der Waals surface area contributed by atoms with E-state index < -0.39 is 0 Å². The molecular weight excluding hydrogens is 294 g/mol. The number of aromatic nitrogens is 2. The molecule has 1 aliphatic carbocycles. The molecule has 1 aliphatic rings. The molecule has 0 spiro atoms. The van der Waals surface area contributed by atoms with Gasteiger partial charge in [-0.1, -0.05) is 49.1 Å². The molecule has 1 aromatic carbocycles. The van der Waals surface area contributed by atoms with E-state index in [1.165, 1.54) is 41.5 Å². The molecule has 24 heavy (non-hydrogen) atoms. The van der Waals surface area contributed by atoms with E-state index in [2.05, 4.69) is 62.0 Å². The summed E-state index contributed by atoms with van der Waals surface area (Å²) in [6.45, 7) is 8.01. The highest BCUT2D eigenvalue weighted by atomic mass is 15.3. The third-order valence-electron chi connectivity index (χ3n) is 4.78. The second-order valence-electron chi connectivity index (χ2n) is 6.41. The third kappa shape index (κ3) is 3.07. The minimum absolute atomic E-state index is 0.101. The van der Waals surface area contributed by atoms with Crippen LogP contribution >= 0.6 is 0 Å². The first-order valence-corrected chi connectivity index (χ1v) is 8.53. The molecular formula is C21H25N3. The zero-order chi connectivity index (χ0) is 17.1. The van der Waals surface area contributed by atoms with Crippen LogP contribution in [0.5, 0.6) is 0 Å². The molecule has 0 amide bonds. The summed E-state index contributed by atoms with van der Waals surface area (Å²) in [5, 5.41) is 4.34. The number of nitrogens with two attached hydrogens (primary N) is 1. The first-order valence-electron chi connectivity index (χ1n) is 8.53. The van der Waals surface area contributed by atoms with Gasteiger partial charge in [-0.2, -0.15) is 5.10 Å². The van der Waals surface area contributed by atoms with E-state index in [4.69, 9.17) is 5.73 Å². The lowest BCUT2D eigenvalue weighted by atomic mass is 9.97. The number of anilines is 1. The number of nitrogen functional groups attached to an aromatic ring is 1. The number of hydrogen-bond donors (Lipinski definition) is 1. The Morgan fingerprint density at radius 3 is 2.96 bits per heavy atom. The second kappa shape index (κ2) is 6.91. The predicted molar refractivity (Wildman–Crippen MR) is 103 cm³/mol. The maximum Gasteiger partial charge on any atom is 0.129 e. The Bertz CT molecular complexity index is 808. The summed E-state index contributed by atoms with van der Waals surface area (Å²) in [5.41, 5.74) is 12.7. The molecule has 0 aliphatic heterocycles. The van der Waals surface area contributed by atoms with E-state index in [1.54, 1.807) is 12.3 Å². The first-order chi connectivity index (χ1) is 11.6. The highest BCUT2D eigenvalue weighted by Gasteiger charge is 2.14. The van der Waals surface area contributed by atoms with Gasteiger partial charge < -0.3 is 5.73 Å². The zero-order valence-electron chi connectivity index (χ0n) is 14.5. The van der Waals surface area contributed by atoms with Crippen molar-refractivity contribution in [1.29, 1.82) is 0 Å². The number of fused-ring (bicyclic) bond motifs is 1. The lowest BCUT2D eigenvalue weighted by molar-refractivity contribution is 0.589. The van der Waals surface area contributed by atoms with Gasteiger partial charge in [-0.05, 0) is 55.4 Å².